The molecule has 0 unspecified atom stereocenters. The summed E-state index contributed by atoms with van der Waals surface area (Å²) in [6, 6.07) is 2.79. The lowest BCUT2D eigenvalue weighted by molar-refractivity contribution is -0.127. The van der Waals surface area contributed by atoms with Gasteiger partial charge in [-0.3, -0.25) is 4.79 Å². The van der Waals surface area contributed by atoms with Crippen molar-refractivity contribution in [2.75, 3.05) is 50.2 Å². The van der Waals surface area contributed by atoms with Crippen molar-refractivity contribution < 1.29 is 23.5 Å². The van der Waals surface area contributed by atoms with Crippen LogP contribution in [0, 0.1) is 17.2 Å². The fraction of sp³-hybridized carbons (Fsp3) is 0.556. The number of hydrogen-bond acceptors (Lipinski definition) is 6. The van der Waals surface area contributed by atoms with Gasteiger partial charge < -0.3 is 19.7 Å². The third-order valence-electron chi connectivity index (χ3n) is 5.19. The molecule has 25 heavy (non-hydrogen) atoms. The molecule has 4 rings (SSSR count). The molecule has 0 amide bonds. The second-order valence-electron chi connectivity index (χ2n) is 7.28. The second kappa shape index (κ2) is 5.98. The number of ketones is 1. The first-order valence-electron chi connectivity index (χ1n) is 8.52. The molecule has 2 saturated heterocycles. The average Bonchev–Trinajstić information content (AvgIpc) is 3.35. The molecule has 0 aromatic heterocycles. The molecular formula is C18H21FN2O4. The largest absolute Gasteiger partial charge is 0.465 e. The van der Waals surface area contributed by atoms with Crippen molar-refractivity contribution in [3.05, 3.63) is 23.5 Å². The van der Waals surface area contributed by atoms with Gasteiger partial charge in [-0.05, 0) is 18.9 Å². The molecule has 1 spiro atoms. The first-order chi connectivity index (χ1) is 12.0. The standard InChI is InChI=1S/C18H21FN2O4/c1-24-17(23)12-4-14(20-6-16(22)11-2-3-11)15(5-13(12)19)21-7-18(8-21)9-25-10-18/h4-5,11,20H,2-3,6-10H2,1H3. The second-order valence-corrected chi connectivity index (χ2v) is 7.28. The molecule has 1 aliphatic carbocycles. The number of rotatable bonds is 6. The van der Waals surface area contributed by atoms with E-state index in [0.717, 1.165) is 39.1 Å². The van der Waals surface area contributed by atoms with Crippen LogP contribution in [0.2, 0.25) is 0 Å². The Morgan fingerprint density at radius 3 is 2.64 bits per heavy atom. The van der Waals surface area contributed by atoms with Crippen LogP contribution in [-0.2, 0) is 14.3 Å². The van der Waals surface area contributed by atoms with Crippen LogP contribution in [-0.4, -0.2) is 51.7 Å². The van der Waals surface area contributed by atoms with Gasteiger partial charge in [0.25, 0.3) is 0 Å². The monoisotopic (exact) mass is 348 g/mol. The summed E-state index contributed by atoms with van der Waals surface area (Å²) in [4.78, 5) is 25.8. The Hall–Kier alpha value is -2.15. The van der Waals surface area contributed by atoms with E-state index < -0.39 is 11.8 Å². The number of carbonyl (C=O) groups excluding carboxylic acids is 2. The van der Waals surface area contributed by atoms with Gasteiger partial charge in [-0.15, -0.1) is 0 Å². The highest BCUT2D eigenvalue weighted by molar-refractivity contribution is 5.94. The molecule has 3 fully saturated rings. The van der Waals surface area contributed by atoms with Gasteiger partial charge in [-0.2, -0.15) is 0 Å². The van der Waals surface area contributed by atoms with E-state index in [1.807, 2.05) is 0 Å². The van der Waals surface area contributed by atoms with E-state index in [4.69, 9.17) is 4.74 Å². The van der Waals surface area contributed by atoms with Gasteiger partial charge in [0, 0.05) is 25.1 Å². The molecule has 0 bridgehead atoms. The van der Waals surface area contributed by atoms with Crippen molar-refractivity contribution in [3.8, 4) is 0 Å². The third-order valence-corrected chi connectivity index (χ3v) is 5.19. The average molecular weight is 348 g/mol. The first-order valence-corrected chi connectivity index (χ1v) is 8.52. The number of nitrogens with one attached hydrogen (secondary N) is 1. The molecule has 2 aliphatic heterocycles. The number of Topliss-reactive ketones (excluding diaryl/α,β-unsaturated/α-hetero) is 1. The Balaban J connectivity index is 1.57. The molecule has 1 aromatic carbocycles. The minimum absolute atomic E-state index is 0.130. The maximum Gasteiger partial charge on any atom is 0.340 e. The quantitative estimate of drug-likeness (QED) is 0.792. The Labute approximate surface area is 145 Å². The van der Waals surface area contributed by atoms with Crippen LogP contribution < -0.4 is 10.2 Å². The molecule has 2 heterocycles. The lowest BCUT2D eigenvalue weighted by Crippen LogP contribution is -2.66. The zero-order valence-corrected chi connectivity index (χ0v) is 14.1. The Morgan fingerprint density at radius 1 is 1.36 bits per heavy atom. The van der Waals surface area contributed by atoms with E-state index in [9.17, 15) is 14.0 Å². The summed E-state index contributed by atoms with van der Waals surface area (Å²) < 4.78 is 24.3. The third kappa shape index (κ3) is 2.97. The van der Waals surface area contributed by atoms with Crippen LogP contribution in [0.5, 0.6) is 0 Å². The first kappa shape index (κ1) is 16.3. The van der Waals surface area contributed by atoms with E-state index in [1.54, 1.807) is 0 Å². The minimum atomic E-state index is -0.729. The summed E-state index contributed by atoms with van der Waals surface area (Å²) >= 11 is 0. The number of methoxy groups -OCH3 is 1. The molecule has 7 heteroatoms. The summed E-state index contributed by atoms with van der Waals surface area (Å²) in [5, 5.41) is 3.10. The van der Waals surface area contributed by atoms with Crippen LogP contribution >= 0.6 is 0 Å². The van der Waals surface area contributed by atoms with Crippen molar-refractivity contribution in [1.29, 1.82) is 0 Å². The molecule has 0 atom stereocenters. The summed E-state index contributed by atoms with van der Waals surface area (Å²) in [7, 11) is 1.22. The summed E-state index contributed by atoms with van der Waals surface area (Å²) in [5.41, 5.74) is 1.31. The zero-order chi connectivity index (χ0) is 17.6. The molecule has 1 aromatic rings. The van der Waals surface area contributed by atoms with E-state index in [0.29, 0.717) is 11.4 Å². The predicted molar refractivity (Wildman–Crippen MR) is 89.4 cm³/mol. The van der Waals surface area contributed by atoms with Crippen molar-refractivity contribution in [1.82, 2.24) is 0 Å². The zero-order valence-electron chi connectivity index (χ0n) is 14.1. The number of anilines is 2. The van der Waals surface area contributed by atoms with Crippen molar-refractivity contribution >= 4 is 23.1 Å². The number of esters is 1. The maximum atomic E-state index is 14.4. The van der Waals surface area contributed by atoms with Crippen LogP contribution in [0.4, 0.5) is 15.8 Å². The molecule has 0 radical (unpaired) electrons. The lowest BCUT2D eigenvalue weighted by atomic mass is 9.77. The Morgan fingerprint density at radius 2 is 2.08 bits per heavy atom. The molecule has 3 aliphatic rings. The highest BCUT2D eigenvalue weighted by Crippen LogP contribution is 2.43. The molecule has 1 N–H and O–H groups in total. The number of carbonyl (C=O) groups is 2. The van der Waals surface area contributed by atoms with E-state index in [2.05, 4.69) is 15.0 Å². The highest BCUT2D eigenvalue weighted by atomic mass is 19.1. The SMILES string of the molecule is COC(=O)c1cc(NCC(=O)C2CC2)c(N2CC3(COC3)C2)cc1F. The smallest absolute Gasteiger partial charge is 0.340 e. The van der Waals surface area contributed by atoms with Gasteiger partial charge in [-0.1, -0.05) is 0 Å². The number of nitrogens with zero attached hydrogens (tertiary/aromatic N) is 1. The lowest BCUT2D eigenvalue weighted by Gasteiger charge is -2.56. The molecule has 6 nitrogen and oxygen atoms in total. The van der Waals surface area contributed by atoms with Gasteiger partial charge >= 0.3 is 5.97 Å². The minimum Gasteiger partial charge on any atom is -0.465 e. The van der Waals surface area contributed by atoms with Crippen LogP contribution in [0.1, 0.15) is 23.2 Å². The van der Waals surface area contributed by atoms with Gasteiger partial charge in [0.05, 0.1) is 49.2 Å². The maximum absolute atomic E-state index is 14.4. The fourth-order valence-electron chi connectivity index (χ4n) is 3.47. The van der Waals surface area contributed by atoms with Crippen LogP contribution in [0.3, 0.4) is 0 Å². The van der Waals surface area contributed by atoms with Gasteiger partial charge in [-0.25, -0.2) is 9.18 Å². The molecule has 134 valence electrons. The summed E-state index contributed by atoms with van der Waals surface area (Å²) in [6.07, 6.45) is 1.89. The number of benzene rings is 1. The summed E-state index contributed by atoms with van der Waals surface area (Å²) in [6.45, 7) is 3.22. The summed E-state index contributed by atoms with van der Waals surface area (Å²) in [5.74, 6) is -1.04. The van der Waals surface area contributed by atoms with Gasteiger partial charge in [0.2, 0.25) is 0 Å². The Bertz CT molecular complexity index is 720. The molecule has 1 saturated carbocycles. The van der Waals surface area contributed by atoms with E-state index in [-0.39, 0.29) is 29.2 Å². The van der Waals surface area contributed by atoms with Crippen LogP contribution in [0.15, 0.2) is 12.1 Å². The van der Waals surface area contributed by atoms with Crippen molar-refractivity contribution in [2.45, 2.75) is 12.8 Å². The van der Waals surface area contributed by atoms with Crippen molar-refractivity contribution in [3.63, 3.8) is 0 Å². The number of ether oxygens (including phenoxy) is 2. The van der Waals surface area contributed by atoms with Gasteiger partial charge in [0.1, 0.15) is 5.82 Å². The highest BCUT2D eigenvalue weighted by Gasteiger charge is 2.49. The normalized spacial score (nSPS) is 20.6. The predicted octanol–water partition coefficient (Wildman–Crippen LogP) is 1.84. The van der Waals surface area contributed by atoms with E-state index in [1.165, 1.54) is 19.2 Å². The molecular weight excluding hydrogens is 327 g/mol. The number of hydrogen-bond donors (Lipinski definition) is 1. The van der Waals surface area contributed by atoms with Crippen LogP contribution in [0.25, 0.3) is 0 Å². The Kier molecular flexibility index (Phi) is 3.91. The van der Waals surface area contributed by atoms with Gasteiger partial charge in [0.15, 0.2) is 5.78 Å². The number of halogens is 1. The topological polar surface area (TPSA) is 67.9 Å². The van der Waals surface area contributed by atoms with E-state index >= 15 is 0 Å². The fourth-order valence-corrected chi connectivity index (χ4v) is 3.47. The van der Waals surface area contributed by atoms with Crippen molar-refractivity contribution in [2.24, 2.45) is 11.3 Å².